The predicted molar refractivity (Wildman–Crippen MR) is 91.4 cm³/mol. The van der Waals surface area contributed by atoms with Gasteiger partial charge in [-0.15, -0.1) is 0 Å². The molecule has 0 aliphatic heterocycles. The second-order valence-electron chi connectivity index (χ2n) is 5.09. The Balaban J connectivity index is 1.80. The minimum atomic E-state index is -0.270. The first-order chi connectivity index (χ1) is 11.1. The van der Waals surface area contributed by atoms with Crippen LogP contribution in [0.5, 0.6) is 11.5 Å². The molecule has 4 heteroatoms. The van der Waals surface area contributed by atoms with E-state index in [1.165, 1.54) is 6.08 Å². The number of nitrogens with one attached hydrogen (secondary N) is 1. The van der Waals surface area contributed by atoms with Crippen molar-refractivity contribution in [2.24, 2.45) is 0 Å². The summed E-state index contributed by atoms with van der Waals surface area (Å²) in [6.07, 6.45) is 3.09. The third-order valence-corrected chi connectivity index (χ3v) is 3.48. The van der Waals surface area contributed by atoms with E-state index in [4.69, 9.17) is 0 Å². The van der Waals surface area contributed by atoms with Crippen molar-refractivity contribution >= 4 is 28.4 Å². The largest absolute Gasteiger partial charge is 0.508 e. The van der Waals surface area contributed by atoms with Gasteiger partial charge in [0, 0.05) is 22.5 Å². The van der Waals surface area contributed by atoms with E-state index < -0.39 is 0 Å². The minimum absolute atomic E-state index is 0.179. The van der Waals surface area contributed by atoms with E-state index >= 15 is 0 Å². The van der Waals surface area contributed by atoms with E-state index in [1.807, 2.05) is 6.07 Å². The van der Waals surface area contributed by atoms with Crippen LogP contribution in [0.3, 0.4) is 0 Å². The Hall–Kier alpha value is -3.27. The van der Waals surface area contributed by atoms with Gasteiger partial charge in [-0.3, -0.25) is 4.79 Å². The molecule has 0 unspecified atom stereocenters. The fraction of sp³-hybridized carbons (Fsp3) is 0. The lowest BCUT2D eigenvalue weighted by molar-refractivity contribution is -0.111. The highest BCUT2D eigenvalue weighted by atomic mass is 16.3. The SMILES string of the molecule is O=C(/C=C/c1ccc(O)cc1)Nc1cccc2c(O)cccc12. The summed E-state index contributed by atoms with van der Waals surface area (Å²) in [6, 6.07) is 17.1. The second-order valence-corrected chi connectivity index (χ2v) is 5.09. The number of aromatic hydroxyl groups is 2. The molecule has 1 amide bonds. The monoisotopic (exact) mass is 305 g/mol. The van der Waals surface area contributed by atoms with Gasteiger partial charge in [0.2, 0.25) is 5.91 Å². The van der Waals surface area contributed by atoms with E-state index in [0.29, 0.717) is 11.1 Å². The third kappa shape index (κ3) is 3.32. The Kier molecular flexibility index (Phi) is 3.97. The van der Waals surface area contributed by atoms with Crippen molar-refractivity contribution in [1.29, 1.82) is 0 Å². The van der Waals surface area contributed by atoms with Crippen LogP contribution < -0.4 is 5.32 Å². The van der Waals surface area contributed by atoms with Crippen LogP contribution in [0.1, 0.15) is 5.56 Å². The fourth-order valence-corrected chi connectivity index (χ4v) is 2.33. The lowest BCUT2D eigenvalue weighted by atomic mass is 10.1. The van der Waals surface area contributed by atoms with Gasteiger partial charge in [-0.1, -0.05) is 36.4 Å². The van der Waals surface area contributed by atoms with Crippen LogP contribution in [0, 0.1) is 0 Å². The maximum absolute atomic E-state index is 12.1. The lowest BCUT2D eigenvalue weighted by Crippen LogP contribution is -2.08. The molecule has 0 aromatic heterocycles. The molecule has 0 radical (unpaired) electrons. The summed E-state index contributed by atoms with van der Waals surface area (Å²) >= 11 is 0. The van der Waals surface area contributed by atoms with E-state index in [0.717, 1.165) is 10.9 Å². The number of phenols is 2. The van der Waals surface area contributed by atoms with E-state index in [1.54, 1.807) is 60.7 Å². The zero-order valence-corrected chi connectivity index (χ0v) is 12.2. The molecule has 114 valence electrons. The second kappa shape index (κ2) is 6.23. The number of hydrogen-bond donors (Lipinski definition) is 3. The number of anilines is 1. The summed E-state index contributed by atoms with van der Waals surface area (Å²) in [5, 5.41) is 23.4. The molecule has 4 nitrogen and oxygen atoms in total. The highest BCUT2D eigenvalue weighted by Gasteiger charge is 2.05. The number of benzene rings is 3. The topological polar surface area (TPSA) is 69.6 Å². The van der Waals surface area contributed by atoms with Crippen LogP contribution in [-0.2, 0) is 4.79 Å². The van der Waals surface area contributed by atoms with E-state index in [2.05, 4.69) is 5.32 Å². The van der Waals surface area contributed by atoms with Gasteiger partial charge >= 0.3 is 0 Å². The first kappa shape index (κ1) is 14.7. The average Bonchev–Trinajstić information content (AvgIpc) is 2.55. The molecule has 0 saturated heterocycles. The number of fused-ring (bicyclic) bond motifs is 1. The van der Waals surface area contributed by atoms with Crippen molar-refractivity contribution < 1.29 is 15.0 Å². The minimum Gasteiger partial charge on any atom is -0.508 e. The molecule has 0 spiro atoms. The number of phenolic OH excluding ortho intramolecular Hbond substituents is 2. The number of carbonyl (C=O) groups is 1. The number of carbonyl (C=O) groups excluding carboxylic acids is 1. The first-order valence-corrected chi connectivity index (χ1v) is 7.12. The van der Waals surface area contributed by atoms with Crippen molar-refractivity contribution in [3.8, 4) is 11.5 Å². The lowest BCUT2D eigenvalue weighted by Gasteiger charge is -2.08. The van der Waals surface area contributed by atoms with Crippen LogP contribution in [-0.4, -0.2) is 16.1 Å². The summed E-state index contributed by atoms with van der Waals surface area (Å²) < 4.78 is 0. The Bertz CT molecular complexity index is 883. The molecule has 0 fully saturated rings. The molecule has 0 atom stereocenters. The van der Waals surface area contributed by atoms with E-state index in [-0.39, 0.29) is 17.4 Å². The highest BCUT2D eigenvalue weighted by molar-refractivity contribution is 6.08. The van der Waals surface area contributed by atoms with Gasteiger partial charge in [-0.05, 0) is 35.9 Å². The molecule has 3 aromatic rings. The Morgan fingerprint density at radius 2 is 1.57 bits per heavy atom. The molecule has 0 bridgehead atoms. The van der Waals surface area contributed by atoms with Gasteiger partial charge in [-0.2, -0.15) is 0 Å². The quantitative estimate of drug-likeness (QED) is 0.643. The molecule has 0 heterocycles. The van der Waals surface area contributed by atoms with Gasteiger partial charge < -0.3 is 15.5 Å². The molecule has 0 saturated carbocycles. The Morgan fingerprint density at radius 3 is 2.35 bits per heavy atom. The Labute approximate surface area is 133 Å². The summed E-state index contributed by atoms with van der Waals surface area (Å²) in [6.45, 7) is 0. The van der Waals surface area contributed by atoms with Crippen molar-refractivity contribution in [3.05, 3.63) is 72.3 Å². The van der Waals surface area contributed by atoms with Crippen LogP contribution in [0.15, 0.2) is 66.7 Å². The zero-order valence-electron chi connectivity index (χ0n) is 12.2. The van der Waals surface area contributed by atoms with Crippen LogP contribution in [0.25, 0.3) is 16.8 Å². The highest BCUT2D eigenvalue weighted by Crippen LogP contribution is 2.29. The Morgan fingerprint density at radius 1 is 0.870 bits per heavy atom. The average molecular weight is 305 g/mol. The van der Waals surface area contributed by atoms with Crippen molar-refractivity contribution in [2.75, 3.05) is 5.32 Å². The standard InChI is InChI=1S/C19H15NO3/c21-14-10-7-13(8-11-14)9-12-19(23)20-17-5-1-4-16-15(17)3-2-6-18(16)22/h1-12,21-22H,(H,20,23)/b12-9+. The predicted octanol–water partition coefficient (Wildman–Crippen LogP) is 3.90. The van der Waals surface area contributed by atoms with Gasteiger partial charge in [0.05, 0.1) is 0 Å². The molecular formula is C19H15NO3. The van der Waals surface area contributed by atoms with Gasteiger partial charge in [0.1, 0.15) is 11.5 Å². The van der Waals surface area contributed by atoms with Crippen molar-refractivity contribution in [1.82, 2.24) is 0 Å². The molecule has 3 aromatic carbocycles. The fourth-order valence-electron chi connectivity index (χ4n) is 2.33. The summed E-state index contributed by atoms with van der Waals surface area (Å²) in [5.74, 6) is 0.0920. The van der Waals surface area contributed by atoms with Gasteiger partial charge in [0.15, 0.2) is 0 Å². The zero-order chi connectivity index (χ0) is 16.2. The summed E-state index contributed by atoms with van der Waals surface area (Å²) in [4.78, 5) is 12.1. The molecule has 23 heavy (non-hydrogen) atoms. The summed E-state index contributed by atoms with van der Waals surface area (Å²) in [7, 11) is 0. The van der Waals surface area contributed by atoms with Crippen molar-refractivity contribution in [3.63, 3.8) is 0 Å². The van der Waals surface area contributed by atoms with Gasteiger partial charge in [-0.25, -0.2) is 0 Å². The molecule has 0 aliphatic rings. The smallest absolute Gasteiger partial charge is 0.248 e. The van der Waals surface area contributed by atoms with Crippen LogP contribution in [0.2, 0.25) is 0 Å². The van der Waals surface area contributed by atoms with Gasteiger partial charge in [0.25, 0.3) is 0 Å². The van der Waals surface area contributed by atoms with E-state index in [9.17, 15) is 15.0 Å². The van der Waals surface area contributed by atoms with Crippen molar-refractivity contribution in [2.45, 2.75) is 0 Å². The third-order valence-electron chi connectivity index (χ3n) is 3.48. The maximum atomic E-state index is 12.1. The molecule has 3 N–H and O–H groups in total. The normalized spacial score (nSPS) is 11.0. The number of rotatable bonds is 3. The molecule has 3 rings (SSSR count). The van der Waals surface area contributed by atoms with Crippen LogP contribution >= 0.6 is 0 Å². The number of amides is 1. The summed E-state index contributed by atoms with van der Waals surface area (Å²) in [5.41, 5.74) is 1.45. The number of hydrogen-bond acceptors (Lipinski definition) is 3. The van der Waals surface area contributed by atoms with Crippen LogP contribution in [0.4, 0.5) is 5.69 Å². The first-order valence-electron chi connectivity index (χ1n) is 7.12. The maximum Gasteiger partial charge on any atom is 0.248 e. The molecule has 0 aliphatic carbocycles. The molecular weight excluding hydrogens is 290 g/mol.